The van der Waals surface area contributed by atoms with E-state index < -0.39 is 0 Å². The maximum Gasteiger partial charge on any atom is 0.0352 e. The van der Waals surface area contributed by atoms with E-state index in [1.807, 2.05) is 48.9 Å². The van der Waals surface area contributed by atoms with Gasteiger partial charge >= 0.3 is 0 Å². The van der Waals surface area contributed by atoms with E-state index in [9.17, 15) is 0 Å². The lowest BCUT2D eigenvalue weighted by Gasteiger charge is -2.08. The minimum absolute atomic E-state index is 1.11. The fourth-order valence-electron chi connectivity index (χ4n) is 2.02. The van der Waals surface area contributed by atoms with Crippen molar-refractivity contribution in [3.05, 3.63) is 73.3 Å². The van der Waals surface area contributed by atoms with E-state index in [1.54, 1.807) is 6.20 Å². The minimum atomic E-state index is 1.11. The molecule has 0 radical (unpaired) electrons. The standard InChI is InChI=1S/C16H12N2/c1-2-5-13(6-3-1)16-12-18-10-8-15(16)14-7-4-9-17-11-14/h1-12H. The van der Waals surface area contributed by atoms with Crippen LogP contribution in [0, 0.1) is 0 Å². The number of nitrogens with zero attached hydrogens (tertiary/aromatic N) is 2. The molecule has 2 nitrogen and oxygen atoms in total. The summed E-state index contributed by atoms with van der Waals surface area (Å²) in [5.41, 5.74) is 4.57. The van der Waals surface area contributed by atoms with Gasteiger partial charge in [0.15, 0.2) is 0 Å². The Labute approximate surface area is 106 Å². The minimum Gasteiger partial charge on any atom is -0.264 e. The van der Waals surface area contributed by atoms with Crippen LogP contribution in [-0.2, 0) is 0 Å². The van der Waals surface area contributed by atoms with E-state index >= 15 is 0 Å². The zero-order chi connectivity index (χ0) is 12.2. The zero-order valence-corrected chi connectivity index (χ0v) is 9.82. The summed E-state index contributed by atoms with van der Waals surface area (Å²) in [6.07, 6.45) is 7.38. The van der Waals surface area contributed by atoms with Crippen molar-refractivity contribution in [2.24, 2.45) is 0 Å². The highest BCUT2D eigenvalue weighted by atomic mass is 14.6. The molecule has 0 amide bonds. The normalized spacial score (nSPS) is 10.2. The molecule has 2 aromatic heterocycles. The van der Waals surface area contributed by atoms with Gasteiger partial charge in [0.25, 0.3) is 0 Å². The third-order valence-electron chi connectivity index (χ3n) is 2.88. The first-order chi connectivity index (χ1) is 8.95. The van der Waals surface area contributed by atoms with Crippen LogP contribution in [0.1, 0.15) is 0 Å². The quantitative estimate of drug-likeness (QED) is 0.671. The Kier molecular flexibility index (Phi) is 2.84. The van der Waals surface area contributed by atoms with Crippen molar-refractivity contribution in [3.8, 4) is 22.3 Å². The molecule has 2 heteroatoms. The van der Waals surface area contributed by atoms with Gasteiger partial charge in [0, 0.05) is 35.9 Å². The monoisotopic (exact) mass is 232 g/mol. The molecule has 86 valence electrons. The van der Waals surface area contributed by atoms with E-state index in [-0.39, 0.29) is 0 Å². The van der Waals surface area contributed by atoms with Gasteiger partial charge in [-0.25, -0.2) is 0 Å². The molecule has 1 aromatic carbocycles. The fourth-order valence-corrected chi connectivity index (χ4v) is 2.02. The van der Waals surface area contributed by atoms with Gasteiger partial charge in [-0.15, -0.1) is 0 Å². The number of benzene rings is 1. The Balaban J connectivity index is 2.18. The van der Waals surface area contributed by atoms with Gasteiger partial charge in [-0.2, -0.15) is 0 Å². The van der Waals surface area contributed by atoms with Crippen molar-refractivity contribution in [2.75, 3.05) is 0 Å². The Morgan fingerprint density at radius 3 is 2.11 bits per heavy atom. The van der Waals surface area contributed by atoms with Crippen LogP contribution < -0.4 is 0 Å². The number of hydrogen-bond acceptors (Lipinski definition) is 2. The van der Waals surface area contributed by atoms with Gasteiger partial charge in [0.05, 0.1) is 0 Å². The van der Waals surface area contributed by atoms with Crippen LogP contribution in [0.2, 0.25) is 0 Å². The predicted octanol–water partition coefficient (Wildman–Crippen LogP) is 3.81. The molecule has 0 aliphatic rings. The number of rotatable bonds is 2. The van der Waals surface area contributed by atoms with Crippen LogP contribution in [0.3, 0.4) is 0 Å². The number of pyridine rings is 2. The predicted molar refractivity (Wildman–Crippen MR) is 72.9 cm³/mol. The molecule has 0 unspecified atom stereocenters. The summed E-state index contributed by atoms with van der Waals surface area (Å²) in [6, 6.07) is 16.3. The molecule has 18 heavy (non-hydrogen) atoms. The highest BCUT2D eigenvalue weighted by Gasteiger charge is 2.06. The van der Waals surface area contributed by atoms with Crippen molar-refractivity contribution in [1.82, 2.24) is 9.97 Å². The van der Waals surface area contributed by atoms with Crippen LogP contribution in [0.4, 0.5) is 0 Å². The Morgan fingerprint density at radius 2 is 1.33 bits per heavy atom. The van der Waals surface area contributed by atoms with Crippen molar-refractivity contribution < 1.29 is 0 Å². The van der Waals surface area contributed by atoms with E-state index in [0.717, 1.165) is 16.7 Å². The smallest absolute Gasteiger partial charge is 0.0352 e. The van der Waals surface area contributed by atoms with Crippen LogP contribution in [0.5, 0.6) is 0 Å². The van der Waals surface area contributed by atoms with E-state index in [1.165, 1.54) is 5.56 Å². The van der Waals surface area contributed by atoms with Crippen LogP contribution >= 0.6 is 0 Å². The van der Waals surface area contributed by atoms with Gasteiger partial charge in [-0.3, -0.25) is 9.97 Å². The number of aromatic nitrogens is 2. The van der Waals surface area contributed by atoms with Crippen molar-refractivity contribution in [1.29, 1.82) is 0 Å². The summed E-state index contributed by atoms with van der Waals surface area (Å²) in [4.78, 5) is 8.40. The van der Waals surface area contributed by atoms with Gasteiger partial charge in [0.2, 0.25) is 0 Å². The van der Waals surface area contributed by atoms with Crippen molar-refractivity contribution >= 4 is 0 Å². The molecule has 3 rings (SSSR count). The Morgan fingerprint density at radius 1 is 0.556 bits per heavy atom. The number of hydrogen-bond donors (Lipinski definition) is 0. The topological polar surface area (TPSA) is 25.8 Å². The summed E-state index contributed by atoms with van der Waals surface area (Å²) >= 11 is 0. The molecule has 0 spiro atoms. The third-order valence-corrected chi connectivity index (χ3v) is 2.88. The highest BCUT2D eigenvalue weighted by molar-refractivity contribution is 5.82. The summed E-state index contributed by atoms with van der Waals surface area (Å²) in [5, 5.41) is 0. The maximum absolute atomic E-state index is 4.23. The molecular formula is C16H12N2. The second-order valence-corrected chi connectivity index (χ2v) is 4.03. The molecule has 0 bridgehead atoms. The molecule has 0 saturated carbocycles. The van der Waals surface area contributed by atoms with Gasteiger partial charge < -0.3 is 0 Å². The SMILES string of the molecule is c1ccc(-c2cnccc2-c2cccnc2)cc1. The lowest BCUT2D eigenvalue weighted by atomic mass is 9.98. The summed E-state index contributed by atoms with van der Waals surface area (Å²) in [5.74, 6) is 0. The van der Waals surface area contributed by atoms with Crippen LogP contribution in [-0.4, -0.2) is 9.97 Å². The largest absolute Gasteiger partial charge is 0.264 e. The lowest BCUT2D eigenvalue weighted by molar-refractivity contribution is 1.30. The van der Waals surface area contributed by atoms with Crippen molar-refractivity contribution in [2.45, 2.75) is 0 Å². The van der Waals surface area contributed by atoms with Gasteiger partial charge in [-0.05, 0) is 23.3 Å². The molecule has 0 aliphatic carbocycles. The fraction of sp³-hybridized carbons (Fsp3) is 0. The third kappa shape index (κ3) is 2.00. The van der Waals surface area contributed by atoms with E-state index in [0.29, 0.717) is 0 Å². The molecule has 3 aromatic rings. The van der Waals surface area contributed by atoms with Crippen LogP contribution in [0.25, 0.3) is 22.3 Å². The lowest BCUT2D eigenvalue weighted by Crippen LogP contribution is -1.86. The second kappa shape index (κ2) is 4.80. The molecule has 2 heterocycles. The zero-order valence-electron chi connectivity index (χ0n) is 9.82. The molecule has 0 aliphatic heterocycles. The maximum atomic E-state index is 4.23. The summed E-state index contributed by atoms with van der Waals surface area (Å²) in [6.45, 7) is 0. The first-order valence-corrected chi connectivity index (χ1v) is 5.85. The van der Waals surface area contributed by atoms with Crippen molar-refractivity contribution in [3.63, 3.8) is 0 Å². The molecule has 0 fully saturated rings. The summed E-state index contributed by atoms with van der Waals surface area (Å²) < 4.78 is 0. The second-order valence-electron chi connectivity index (χ2n) is 4.03. The van der Waals surface area contributed by atoms with Gasteiger partial charge in [0.1, 0.15) is 0 Å². The average molecular weight is 232 g/mol. The molecular weight excluding hydrogens is 220 g/mol. The summed E-state index contributed by atoms with van der Waals surface area (Å²) in [7, 11) is 0. The van der Waals surface area contributed by atoms with E-state index in [4.69, 9.17) is 0 Å². The Hall–Kier alpha value is -2.48. The van der Waals surface area contributed by atoms with E-state index in [2.05, 4.69) is 28.2 Å². The van der Waals surface area contributed by atoms with Gasteiger partial charge in [-0.1, -0.05) is 36.4 Å². The molecule has 0 saturated heterocycles. The van der Waals surface area contributed by atoms with Crippen LogP contribution in [0.15, 0.2) is 73.3 Å². The highest BCUT2D eigenvalue weighted by Crippen LogP contribution is 2.30. The first kappa shape index (κ1) is 10.7. The first-order valence-electron chi connectivity index (χ1n) is 5.85. The molecule has 0 atom stereocenters. The average Bonchev–Trinajstić information content (AvgIpc) is 2.49. The Bertz CT molecular complexity index is 575. The molecule has 0 N–H and O–H groups in total.